The molecule has 3 rings (SSSR count). The Morgan fingerprint density at radius 2 is 2.00 bits per heavy atom. The summed E-state index contributed by atoms with van der Waals surface area (Å²) in [7, 11) is 0. The first kappa shape index (κ1) is 11.5. The summed E-state index contributed by atoms with van der Waals surface area (Å²) < 4.78 is 30.1. The highest BCUT2D eigenvalue weighted by Gasteiger charge is 2.16. The van der Waals surface area contributed by atoms with Crippen molar-refractivity contribution in [3.05, 3.63) is 34.3 Å². The average Bonchev–Trinajstić information content (AvgIpc) is 2.96. The number of hydrogen-bond acceptors (Lipinski definition) is 4. The Bertz CT molecular complexity index is 571. The molecule has 0 unspecified atom stereocenters. The predicted molar refractivity (Wildman–Crippen MR) is 63.4 cm³/mol. The van der Waals surface area contributed by atoms with Crippen LogP contribution in [0.2, 0.25) is 0 Å². The van der Waals surface area contributed by atoms with Gasteiger partial charge in [-0.3, -0.25) is 0 Å². The molecule has 1 aromatic carbocycles. The molecule has 0 bridgehead atoms. The van der Waals surface area contributed by atoms with Crippen molar-refractivity contribution in [3.63, 3.8) is 0 Å². The zero-order valence-electron chi connectivity index (χ0n) is 9.40. The molecule has 1 heterocycles. The van der Waals surface area contributed by atoms with Crippen LogP contribution in [0.15, 0.2) is 18.2 Å². The molecule has 18 heavy (non-hydrogen) atoms. The molecule has 0 N–H and O–H groups in total. The Kier molecular flexibility index (Phi) is 2.95. The minimum atomic E-state index is -2.60. The molecule has 94 valence electrons. The van der Waals surface area contributed by atoms with Gasteiger partial charge in [0.25, 0.3) is 11.6 Å². The molecule has 2 aromatic rings. The third kappa shape index (κ3) is 2.20. The standard InChI is InChI=1S/C12H10F2N2OS/c13-10(14)11-15-16-12(18-11)17-9-5-4-7-2-1-3-8(7)6-9/h4-6,10H,1-3H2. The molecule has 0 spiro atoms. The molecular weight excluding hydrogens is 258 g/mol. The number of aryl methyl sites for hydroxylation is 2. The van der Waals surface area contributed by atoms with E-state index in [4.69, 9.17) is 4.74 Å². The van der Waals surface area contributed by atoms with Gasteiger partial charge in [-0.2, -0.15) is 0 Å². The maximum Gasteiger partial charge on any atom is 0.299 e. The van der Waals surface area contributed by atoms with E-state index in [9.17, 15) is 8.78 Å². The number of fused-ring (bicyclic) bond motifs is 1. The van der Waals surface area contributed by atoms with Gasteiger partial charge in [0.15, 0.2) is 5.01 Å². The molecule has 6 heteroatoms. The maximum absolute atomic E-state index is 12.4. The van der Waals surface area contributed by atoms with E-state index in [1.165, 1.54) is 11.1 Å². The zero-order chi connectivity index (χ0) is 12.5. The van der Waals surface area contributed by atoms with Gasteiger partial charge < -0.3 is 4.74 Å². The largest absolute Gasteiger partial charge is 0.430 e. The fourth-order valence-corrected chi connectivity index (χ4v) is 2.63. The second-order valence-corrected chi connectivity index (χ2v) is 5.06. The van der Waals surface area contributed by atoms with Crippen molar-refractivity contribution in [2.45, 2.75) is 25.7 Å². The van der Waals surface area contributed by atoms with Crippen LogP contribution < -0.4 is 4.74 Å². The monoisotopic (exact) mass is 268 g/mol. The average molecular weight is 268 g/mol. The van der Waals surface area contributed by atoms with Crippen molar-refractivity contribution >= 4 is 11.3 Å². The second-order valence-electron chi connectivity index (χ2n) is 4.09. The topological polar surface area (TPSA) is 35.0 Å². The highest BCUT2D eigenvalue weighted by atomic mass is 32.1. The molecule has 0 atom stereocenters. The summed E-state index contributed by atoms with van der Waals surface area (Å²) in [5, 5.41) is 6.81. The third-order valence-electron chi connectivity index (χ3n) is 2.88. The fourth-order valence-electron chi connectivity index (χ4n) is 2.06. The van der Waals surface area contributed by atoms with Gasteiger partial charge in [0.1, 0.15) is 5.75 Å². The lowest BCUT2D eigenvalue weighted by Crippen LogP contribution is -1.87. The van der Waals surface area contributed by atoms with Crippen molar-refractivity contribution in [2.75, 3.05) is 0 Å². The van der Waals surface area contributed by atoms with Gasteiger partial charge in [-0.1, -0.05) is 22.5 Å². The third-order valence-corrected chi connectivity index (χ3v) is 3.69. The van der Waals surface area contributed by atoms with Crippen molar-refractivity contribution in [2.24, 2.45) is 0 Å². The smallest absolute Gasteiger partial charge is 0.299 e. The van der Waals surface area contributed by atoms with Gasteiger partial charge in [0, 0.05) is 0 Å². The number of hydrogen-bond donors (Lipinski definition) is 0. The lowest BCUT2D eigenvalue weighted by atomic mass is 10.1. The molecule has 0 saturated carbocycles. The van der Waals surface area contributed by atoms with Crippen LogP contribution >= 0.6 is 11.3 Å². The molecule has 0 aliphatic heterocycles. The summed E-state index contributed by atoms with van der Waals surface area (Å²) in [6.07, 6.45) is 0.710. The Labute approximate surface area is 106 Å². The van der Waals surface area contributed by atoms with E-state index in [1.54, 1.807) is 0 Å². The van der Waals surface area contributed by atoms with Gasteiger partial charge in [-0.25, -0.2) is 8.78 Å². The van der Waals surface area contributed by atoms with Crippen LogP contribution in [0.1, 0.15) is 29.0 Å². The molecular formula is C12H10F2N2OS. The summed E-state index contributed by atoms with van der Waals surface area (Å²) in [5.74, 6) is 0.632. The number of alkyl halides is 2. The molecule has 0 saturated heterocycles. The van der Waals surface area contributed by atoms with Crippen LogP contribution in [0.5, 0.6) is 10.9 Å². The molecule has 1 aliphatic carbocycles. The zero-order valence-corrected chi connectivity index (χ0v) is 10.2. The Balaban J connectivity index is 1.79. The molecule has 3 nitrogen and oxygen atoms in total. The van der Waals surface area contributed by atoms with Crippen molar-refractivity contribution < 1.29 is 13.5 Å². The fraction of sp³-hybridized carbons (Fsp3) is 0.333. The normalized spacial score (nSPS) is 13.9. The van der Waals surface area contributed by atoms with Crippen molar-refractivity contribution in [1.29, 1.82) is 0 Å². The van der Waals surface area contributed by atoms with Crippen LogP contribution in [0, 0.1) is 0 Å². The number of benzene rings is 1. The van der Waals surface area contributed by atoms with E-state index in [2.05, 4.69) is 10.2 Å². The number of aromatic nitrogens is 2. The van der Waals surface area contributed by atoms with E-state index in [0.29, 0.717) is 5.75 Å². The predicted octanol–water partition coefficient (Wildman–Crippen LogP) is 3.76. The minimum Gasteiger partial charge on any atom is -0.430 e. The molecule has 0 amide bonds. The van der Waals surface area contributed by atoms with Crippen molar-refractivity contribution in [1.82, 2.24) is 10.2 Å². The van der Waals surface area contributed by atoms with E-state index in [0.717, 1.165) is 30.6 Å². The molecule has 1 aromatic heterocycles. The lowest BCUT2D eigenvalue weighted by Gasteiger charge is -2.03. The second kappa shape index (κ2) is 4.61. The first-order valence-corrected chi connectivity index (χ1v) is 6.45. The summed E-state index contributed by atoms with van der Waals surface area (Å²) in [6.45, 7) is 0. The highest BCUT2D eigenvalue weighted by Crippen LogP contribution is 2.32. The Morgan fingerprint density at radius 1 is 1.17 bits per heavy atom. The maximum atomic E-state index is 12.4. The first-order chi connectivity index (χ1) is 8.72. The van der Waals surface area contributed by atoms with E-state index in [1.807, 2.05) is 18.2 Å². The molecule has 0 fully saturated rings. The van der Waals surface area contributed by atoms with E-state index >= 15 is 0 Å². The van der Waals surface area contributed by atoms with E-state index < -0.39 is 6.43 Å². The van der Waals surface area contributed by atoms with Gasteiger partial charge in [0.05, 0.1) is 0 Å². The number of ether oxygens (including phenoxy) is 1. The van der Waals surface area contributed by atoms with Gasteiger partial charge in [-0.05, 0) is 42.5 Å². The summed E-state index contributed by atoms with van der Waals surface area (Å²) >= 11 is 0.775. The summed E-state index contributed by atoms with van der Waals surface area (Å²) in [6, 6.07) is 5.81. The Hall–Kier alpha value is -1.56. The number of halogens is 2. The van der Waals surface area contributed by atoms with Gasteiger partial charge >= 0.3 is 0 Å². The molecule has 0 radical (unpaired) electrons. The van der Waals surface area contributed by atoms with E-state index in [-0.39, 0.29) is 10.2 Å². The van der Waals surface area contributed by atoms with Crippen LogP contribution in [0.3, 0.4) is 0 Å². The van der Waals surface area contributed by atoms with Crippen LogP contribution in [0.4, 0.5) is 8.78 Å². The minimum absolute atomic E-state index is 0.156. The van der Waals surface area contributed by atoms with Crippen LogP contribution in [-0.2, 0) is 12.8 Å². The van der Waals surface area contributed by atoms with Gasteiger partial charge in [-0.15, -0.1) is 5.10 Å². The van der Waals surface area contributed by atoms with Crippen molar-refractivity contribution in [3.8, 4) is 10.9 Å². The molecule has 1 aliphatic rings. The highest BCUT2D eigenvalue weighted by molar-refractivity contribution is 7.13. The number of rotatable bonds is 3. The van der Waals surface area contributed by atoms with Gasteiger partial charge in [0.2, 0.25) is 0 Å². The lowest BCUT2D eigenvalue weighted by molar-refractivity contribution is 0.150. The SMILES string of the molecule is FC(F)c1nnc(Oc2ccc3c(c2)CCC3)s1. The van der Waals surface area contributed by atoms with Crippen LogP contribution in [-0.4, -0.2) is 10.2 Å². The number of nitrogens with zero attached hydrogens (tertiary/aromatic N) is 2. The summed E-state index contributed by atoms with van der Waals surface area (Å²) in [5.41, 5.74) is 2.61. The quantitative estimate of drug-likeness (QED) is 0.850. The first-order valence-electron chi connectivity index (χ1n) is 5.63. The van der Waals surface area contributed by atoms with Crippen LogP contribution in [0.25, 0.3) is 0 Å². The Morgan fingerprint density at radius 3 is 2.78 bits per heavy atom. The summed E-state index contributed by atoms with van der Waals surface area (Å²) in [4.78, 5) is 0.